The molecule has 0 aromatic heterocycles. The molecule has 2 rings (SSSR count). The average molecular weight is 316 g/mol. The standard InChI is InChI=1S/C15H19F3N2O2/c1-19-12-3-2-8-20(10-12)14(21)9-11-4-6-13(7-5-11)22-15(16,17)18/h4-7,12,19H,2-3,8-10H2,1H3/t12-/m1/s1. The Morgan fingerprint density at radius 1 is 1.36 bits per heavy atom. The molecule has 4 nitrogen and oxygen atoms in total. The first-order valence-electron chi connectivity index (χ1n) is 7.17. The molecule has 1 N–H and O–H groups in total. The molecule has 0 bridgehead atoms. The monoisotopic (exact) mass is 316 g/mol. The first kappa shape index (κ1) is 16.6. The van der Waals surface area contributed by atoms with Crippen LogP contribution in [-0.2, 0) is 11.2 Å². The van der Waals surface area contributed by atoms with Crippen LogP contribution in [0.2, 0.25) is 0 Å². The number of piperidine rings is 1. The molecule has 1 saturated heterocycles. The Morgan fingerprint density at radius 2 is 2.05 bits per heavy atom. The zero-order chi connectivity index (χ0) is 16.2. The first-order chi connectivity index (χ1) is 10.4. The normalized spacial score (nSPS) is 19.1. The van der Waals surface area contributed by atoms with E-state index in [0.717, 1.165) is 19.4 Å². The van der Waals surface area contributed by atoms with E-state index in [0.29, 0.717) is 18.2 Å². The molecule has 1 aromatic carbocycles. The van der Waals surface area contributed by atoms with Gasteiger partial charge >= 0.3 is 6.36 Å². The van der Waals surface area contributed by atoms with Crippen molar-refractivity contribution in [1.29, 1.82) is 0 Å². The Morgan fingerprint density at radius 3 is 2.64 bits per heavy atom. The molecular formula is C15H19F3N2O2. The fraction of sp³-hybridized carbons (Fsp3) is 0.533. The van der Waals surface area contributed by atoms with E-state index < -0.39 is 6.36 Å². The van der Waals surface area contributed by atoms with Crippen molar-refractivity contribution in [1.82, 2.24) is 10.2 Å². The minimum absolute atomic E-state index is 0.00978. The number of nitrogens with zero attached hydrogens (tertiary/aromatic N) is 1. The van der Waals surface area contributed by atoms with Crippen molar-refractivity contribution in [3.8, 4) is 5.75 Å². The zero-order valence-corrected chi connectivity index (χ0v) is 12.3. The lowest BCUT2D eigenvalue weighted by Gasteiger charge is -2.32. The highest BCUT2D eigenvalue weighted by Crippen LogP contribution is 2.23. The van der Waals surface area contributed by atoms with E-state index in [4.69, 9.17) is 0 Å². The third kappa shape index (κ3) is 4.91. The van der Waals surface area contributed by atoms with Gasteiger partial charge in [0.2, 0.25) is 5.91 Å². The number of amides is 1. The van der Waals surface area contributed by atoms with Crippen LogP contribution in [0.25, 0.3) is 0 Å². The van der Waals surface area contributed by atoms with E-state index in [-0.39, 0.29) is 18.1 Å². The summed E-state index contributed by atoms with van der Waals surface area (Å²) in [5, 5.41) is 3.16. The number of carbonyl (C=O) groups is 1. The number of rotatable bonds is 4. The van der Waals surface area contributed by atoms with Crippen LogP contribution in [0.15, 0.2) is 24.3 Å². The summed E-state index contributed by atoms with van der Waals surface area (Å²) < 4.78 is 40.0. The van der Waals surface area contributed by atoms with Crippen LogP contribution in [0.4, 0.5) is 13.2 Å². The first-order valence-corrected chi connectivity index (χ1v) is 7.17. The van der Waals surface area contributed by atoms with E-state index >= 15 is 0 Å². The smallest absolute Gasteiger partial charge is 0.406 e. The summed E-state index contributed by atoms with van der Waals surface area (Å²) in [5.74, 6) is -0.290. The summed E-state index contributed by atoms with van der Waals surface area (Å²) in [5.41, 5.74) is 0.672. The number of halogens is 3. The van der Waals surface area contributed by atoms with Crippen molar-refractivity contribution in [2.45, 2.75) is 31.7 Å². The van der Waals surface area contributed by atoms with Gasteiger partial charge in [-0.1, -0.05) is 12.1 Å². The van der Waals surface area contributed by atoms with Crippen LogP contribution in [0.3, 0.4) is 0 Å². The Hall–Kier alpha value is -1.76. The van der Waals surface area contributed by atoms with Gasteiger partial charge in [0.15, 0.2) is 0 Å². The molecule has 0 radical (unpaired) electrons. The van der Waals surface area contributed by atoms with Crippen LogP contribution in [0.1, 0.15) is 18.4 Å². The maximum absolute atomic E-state index is 12.2. The molecule has 0 saturated carbocycles. The highest BCUT2D eigenvalue weighted by Gasteiger charge is 2.31. The highest BCUT2D eigenvalue weighted by molar-refractivity contribution is 5.79. The lowest BCUT2D eigenvalue weighted by Crippen LogP contribution is -2.47. The van der Waals surface area contributed by atoms with Gasteiger partial charge in [0.1, 0.15) is 5.75 Å². The molecule has 1 amide bonds. The van der Waals surface area contributed by atoms with Gasteiger partial charge in [0.25, 0.3) is 0 Å². The number of nitrogens with one attached hydrogen (secondary N) is 1. The largest absolute Gasteiger partial charge is 0.573 e. The Bertz CT molecular complexity index is 503. The van der Waals surface area contributed by atoms with Gasteiger partial charge < -0.3 is 15.0 Å². The van der Waals surface area contributed by atoms with Crippen LogP contribution in [0.5, 0.6) is 5.75 Å². The number of likely N-dealkylation sites (tertiary alicyclic amines) is 1. The molecular weight excluding hydrogens is 297 g/mol. The molecule has 1 heterocycles. The Labute approximate surface area is 127 Å². The van der Waals surface area contributed by atoms with Crippen LogP contribution in [-0.4, -0.2) is 43.3 Å². The summed E-state index contributed by atoms with van der Waals surface area (Å²) in [6, 6.07) is 5.72. The van der Waals surface area contributed by atoms with E-state index in [1.807, 2.05) is 7.05 Å². The molecule has 1 aliphatic heterocycles. The molecule has 22 heavy (non-hydrogen) atoms. The molecule has 0 aliphatic carbocycles. The van der Waals surface area contributed by atoms with Gasteiger partial charge in [-0.15, -0.1) is 13.2 Å². The molecule has 122 valence electrons. The second-order valence-electron chi connectivity index (χ2n) is 5.34. The fourth-order valence-corrected chi connectivity index (χ4v) is 2.53. The maximum Gasteiger partial charge on any atom is 0.573 e. The zero-order valence-electron chi connectivity index (χ0n) is 12.3. The van der Waals surface area contributed by atoms with E-state index in [9.17, 15) is 18.0 Å². The lowest BCUT2D eigenvalue weighted by molar-refractivity contribution is -0.274. The SMILES string of the molecule is CN[C@@H]1CCCN(C(=O)Cc2ccc(OC(F)(F)F)cc2)C1. The van der Waals surface area contributed by atoms with Crippen molar-refractivity contribution in [2.75, 3.05) is 20.1 Å². The quantitative estimate of drug-likeness (QED) is 0.927. The maximum atomic E-state index is 12.2. The molecule has 1 aromatic rings. The van der Waals surface area contributed by atoms with Crippen molar-refractivity contribution in [2.24, 2.45) is 0 Å². The van der Waals surface area contributed by atoms with Crippen molar-refractivity contribution in [3.05, 3.63) is 29.8 Å². The van der Waals surface area contributed by atoms with Gasteiger partial charge in [-0.3, -0.25) is 4.79 Å². The summed E-state index contributed by atoms with van der Waals surface area (Å²) in [4.78, 5) is 14.0. The van der Waals surface area contributed by atoms with Crippen LogP contribution >= 0.6 is 0 Å². The van der Waals surface area contributed by atoms with Gasteiger partial charge in [-0.2, -0.15) is 0 Å². The number of likely N-dealkylation sites (N-methyl/N-ethyl adjacent to an activating group) is 1. The number of carbonyl (C=O) groups excluding carboxylic acids is 1. The molecule has 0 unspecified atom stereocenters. The van der Waals surface area contributed by atoms with Crippen molar-refractivity contribution >= 4 is 5.91 Å². The number of hydrogen-bond donors (Lipinski definition) is 1. The number of hydrogen-bond acceptors (Lipinski definition) is 3. The molecule has 1 fully saturated rings. The van der Waals surface area contributed by atoms with Crippen LogP contribution in [0, 0.1) is 0 Å². The second kappa shape index (κ2) is 7.00. The van der Waals surface area contributed by atoms with Gasteiger partial charge in [0, 0.05) is 19.1 Å². The minimum Gasteiger partial charge on any atom is -0.406 e. The number of benzene rings is 1. The molecule has 7 heteroatoms. The van der Waals surface area contributed by atoms with Crippen molar-refractivity contribution in [3.63, 3.8) is 0 Å². The predicted molar refractivity (Wildman–Crippen MR) is 75.5 cm³/mol. The van der Waals surface area contributed by atoms with E-state index in [2.05, 4.69) is 10.1 Å². The third-order valence-corrected chi connectivity index (χ3v) is 3.69. The second-order valence-corrected chi connectivity index (χ2v) is 5.34. The summed E-state index contributed by atoms with van der Waals surface area (Å²) in [7, 11) is 1.87. The van der Waals surface area contributed by atoms with Gasteiger partial charge in [-0.25, -0.2) is 0 Å². The average Bonchev–Trinajstić information content (AvgIpc) is 2.48. The number of alkyl halides is 3. The van der Waals surface area contributed by atoms with E-state index in [1.165, 1.54) is 24.3 Å². The van der Waals surface area contributed by atoms with Crippen molar-refractivity contribution < 1.29 is 22.7 Å². The highest BCUT2D eigenvalue weighted by atomic mass is 19.4. The third-order valence-electron chi connectivity index (χ3n) is 3.69. The summed E-state index contributed by atoms with van der Waals surface area (Å²) >= 11 is 0. The summed E-state index contributed by atoms with van der Waals surface area (Å²) in [6.45, 7) is 1.40. The molecule has 1 aliphatic rings. The predicted octanol–water partition coefficient (Wildman–Crippen LogP) is 2.34. The minimum atomic E-state index is -4.70. The molecule has 0 spiro atoms. The Kier molecular flexibility index (Phi) is 5.28. The number of ether oxygens (including phenoxy) is 1. The lowest BCUT2D eigenvalue weighted by atomic mass is 10.0. The molecule has 1 atom stereocenters. The summed E-state index contributed by atoms with van der Waals surface area (Å²) in [6.07, 6.45) is -2.52. The topological polar surface area (TPSA) is 41.6 Å². The van der Waals surface area contributed by atoms with Gasteiger partial charge in [-0.05, 0) is 37.6 Å². The van der Waals surface area contributed by atoms with Gasteiger partial charge in [0.05, 0.1) is 6.42 Å². The Balaban J connectivity index is 1.91. The van der Waals surface area contributed by atoms with E-state index in [1.54, 1.807) is 4.90 Å². The fourth-order valence-electron chi connectivity index (χ4n) is 2.53. The van der Waals surface area contributed by atoms with Crippen LogP contribution < -0.4 is 10.1 Å².